The van der Waals surface area contributed by atoms with Gasteiger partial charge in [0.05, 0.1) is 4.92 Å². The van der Waals surface area contributed by atoms with Crippen LogP contribution < -0.4 is 16.2 Å². The molecular weight excluding hydrogens is 248 g/mol. The number of hydrogen-bond acceptors (Lipinski definition) is 7. The number of nitrogens with zero attached hydrogens (tertiary/aromatic N) is 4. The molecular formula is C11H20N6O2. The highest BCUT2D eigenvalue weighted by Crippen LogP contribution is 2.31. The number of nitrogens with one attached hydrogen (secondary N) is 1. The lowest BCUT2D eigenvalue weighted by Gasteiger charge is -2.28. The zero-order chi connectivity index (χ0) is 14.6. The Hall–Kier alpha value is -1.96. The zero-order valence-corrected chi connectivity index (χ0v) is 11.7. The lowest BCUT2D eigenvalue weighted by Crippen LogP contribution is -2.34. The van der Waals surface area contributed by atoms with Gasteiger partial charge in [0.25, 0.3) is 0 Å². The highest BCUT2D eigenvalue weighted by atomic mass is 16.6. The Labute approximate surface area is 112 Å². The van der Waals surface area contributed by atoms with E-state index in [4.69, 9.17) is 5.84 Å². The van der Waals surface area contributed by atoms with Crippen LogP contribution in [0.4, 0.5) is 17.5 Å². The molecule has 1 aromatic rings. The first-order valence-corrected chi connectivity index (χ1v) is 6.22. The highest BCUT2D eigenvalue weighted by Gasteiger charge is 2.27. The van der Waals surface area contributed by atoms with Gasteiger partial charge in [0.1, 0.15) is 5.69 Å². The number of nitro groups is 1. The van der Waals surface area contributed by atoms with E-state index in [0.717, 1.165) is 6.42 Å². The Morgan fingerprint density at radius 2 is 2.11 bits per heavy atom. The van der Waals surface area contributed by atoms with Crippen molar-refractivity contribution >= 4 is 17.5 Å². The van der Waals surface area contributed by atoms with E-state index in [1.165, 1.54) is 0 Å². The fraction of sp³-hybridized carbons (Fsp3) is 0.636. The standard InChI is InChI=1S/C11H20N6O2/c1-5-7(3)16(6-2)10-9(17(18)19)8(4)13-11(14-10)15-12/h7H,5-6,12H2,1-4H3,(H,13,14,15). The lowest BCUT2D eigenvalue weighted by atomic mass is 10.2. The van der Waals surface area contributed by atoms with Crippen molar-refractivity contribution in [1.29, 1.82) is 0 Å². The molecule has 0 radical (unpaired) electrons. The first-order chi connectivity index (χ1) is 8.96. The van der Waals surface area contributed by atoms with Crippen LogP contribution >= 0.6 is 0 Å². The maximum absolute atomic E-state index is 11.2. The molecule has 8 nitrogen and oxygen atoms in total. The second-order valence-corrected chi connectivity index (χ2v) is 4.25. The van der Waals surface area contributed by atoms with Crippen LogP contribution in [0.1, 0.15) is 32.9 Å². The van der Waals surface area contributed by atoms with Crippen molar-refractivity contribution in [2.75, 3.05) is 16.9 Å². The van der Waals surface area contributed by atoms with Crippen molar-refractivity contribution in [3.8, 4) is 0 Å². The number of hydrogen-bond donors (Lipinski definition) is 2. The molecule has 0 fully saturated rings. The Morgan fingerprint density at radius 3 is 2.53 bits per heavy atom. The topological polar surface area (TPSA) is 110 Å². The van der Waals surface area contributed by atoms with Crippen LogP contribution in [0.25, 0.3) is 0 Å². The summed E-state index contributed by atoms with van der Waals surface area (Å²) in [5, 5.41) is 11.2. The molecule has 0 spiro atoms. The van der Waals surface area contributed by atoms with E-state index < -0.39 is 4.92 Å². The van der Waals surface area contributed by atoms with Gasteiger partial charge in [0, 0.05) is 12.6 Å². The Kier molecular flexibility index (Phi) is 4.99. The molecule has 0 amide bonds. The molecule has 0 aliphatic rings. The molecule has 0 saturated carbocycles. The van der Waals surface area contributed by atoms with Gasteiger partial charge < -0.3 is 4.90 Å². The van der Waals surface area contributed by atoms with E-state index >= 15 is 0 Å². The highest BCUT2D eigenvalue weighted by molar-refractivity contribution is 5.62. The van der Waals surface area contributed by atoms with Gasteiger partial charge >= 0.3 is 5.69 Å². The molecule has 0 saturated heterocycles. The van der Waals surface area contributed by atoms with Gasteiger partial charge in [-0.3, -0.25) is 15.5 Å². The first-order valence-electron chi connectivity index (χ1n) is 6.22. The first kappa shape index (κ1) is 15.1. The molecule has 1 aromatic heterocycles. The molecule has 106 valence electrons. The SMILES string of the molecule is CCC(C)N(CC)c1nc(NN)nc(C)c1[N+](=O)[O-]. The van der Waals surface area contributed by atoms with Gasteiger partial charge in [-0.05, 0) is 27.2 Å². The second kappa shape index (κ2) is 6.28. The molecule has 0 aliphatic carbocycles. The van der Waals surface area contributed by atoms with Crippen molar-refractivity contribution in [3.63, 3.8) is 0 Å². The van der Waals surface area contributed by atoms with Crippen molar-refractivity contribution in [2.24, 2.45) is 5.84 Å². The summed E-state index contributed by atoms with van der Waals surface area (Å²) in [5.74, 6) is 5.79. The molecule has 1 unspecified atom stereocenters. The molecule has 8 heteroatoms. The van der Waals surface area contributed by atoms with Gasteiger partial charge in [-0.2, -0.15) is 4.98 Å². The normalized spacial score (nSPS) is 12.1. The molecule has 3 N–H and O–H groups in total. The maximum atomic E-state index is 11.2. The van der Waals surface area contributed by atoms with Crippen molar-refractivity contribution < 1.29 is 4.92 Å². The van der Waals surface area contributed by atoms with E-state index in [0.29, 0.717) is 18.1 Å². The molecule has 1 atom stereocenters. The largest absolute Gasteiger partial charge is 0.348 e. The van der Waals surface area contributed by atoms with Crippen LogP contribution in [0.5, 0.6) is 0 Å². The second-order valence-electron chi connectivity index (χ2n) is 4.25. The van der Waals surface area contributed by atoms with Gasteiger partial charge in [-0.15, -0.1) is 0 Å². The molecule has 0 bridgehead atoms. The van der Waals surface area contributed by atoms with Crippen LogP contribution in [0.3, 0.4) is 0 Å². The van der Waals surface area contributed by atoms with Crippen molar-refractivity contribution in [3.05, 3.63) is 15.8 Å². The summed E-state index contributed by atoms with van der Waals surface area (Å²) >= 11 is 0. The van der Waals surface area contributed by atoms with Crippen LogP contribution in [0.2, 0.25) is 0 Å². The third kappa shape index (κ3) is 3.08. The van der Waals surface area contributed by atoms with Crippen molar-refractivity contribution in [2.45, 2.75) is 40.2 Å². The van der Waals surface area contributed by atoms with Crippen LogP contribution in [-0.4, -0.2) is 27.5 Å². The summed E-state index contributed by atoms with van der Waals surface area (Å²) in [4.78, 5) is 20.8. The Bertz CT molecular complexity index is 465. The molecule has 0 aromatic carbocycles. The van der Waals surface area contributed by atoms with E-state index in [9.17, 15) is 10.1 Å². The Morgan fingerprint density at radius 1 is 1.47 bits per heavy atom. The smallest absolute Gasteiger partial charge is 0.332 e. The fourth-order valence-corrected chi connectivity index (χ4v) is 1.92. The predicted octanol–water partition coefficient (Wildman–Crippen LogP) is 1.60. The zero-order valence-electron chi connectivity index (χ0n) is 11.7. The van der Waals surface area contributed by atoms with Crippen LogP contribution in [-0.2, 0) is 0 Å². The average molecular weight is 268 g/mol. The minimum Gasteiger partial charge on any atom is -0.348 e. The van der Waals surface area contributed by atoms with Gasteiger partial charge in [0.15, 0.2) is 0 Å². The third-order valence-corrected chi connectivity index (χ3v) is 3.09. The fourth-order valence-electron chi connectivity index (χ4n) is 1.92. The maximum Gasteiger partial charge on any atom is 0.332 e. The molecule has 0 aliphatic heterocycles. The number of nitrogens with two attached hydrogens (primary N) is 1. The van der Waals surface area contributed by atoms with Gasteiger partial charge in [-0.25, -0.2) is 10.8 Å². The third-order valence-electron chi connectivity index (χ3n) is 3.09. The number of rotatable bonds is 6. The number of aromatic nitrogens is 2. The monoisotopic (exact) mass is 268 g/mol. The quantitative estimate of drug-likeness (QED) is 0.458. The summed E-state index contributed by atoms with van der Waals surface area (Å²) in [7, 11) is 0. The van der Waals surface area contributed by atoms with E-state index in [2.05, 4.69) is 15.4 Å². The van der Waals surface area contributed by atoms with Crippen LogP contribution in [0, 0.1) is 17.0 Å². The van der Waals surface area contributed by atoms with Gasteiger partial charge in [-0.1, -0.05) is 6.92 Å². The number of aryl methyl sites for hydroxylation is 1. The summed E-state index contributed by atoms with van der Waals surface area (Å²) in [6, 6.07) is 0.142. The number of anilines is 2. The van der Waals surface area contributed by atoms with Gasteiger partial charge in [0.2, 0.25) is 11.8 Å². The molecule has 19 heavy (non-hydrogen) atoms. The Balaban J connectivity index is 3.44. The lowest BCUT2D eigenvalue weighted by molar-refractivity contribution is -0.385. The molecule has 1 rings (SSSR count). The minimum absolute atomic E-state index is 0.0684. The summed E-state index contributed by atoms with van der Waals surface area (Å²) in [6.07, 6.45) is 0.861. The summed E-state index contributed by atoms with van der Waals surface area (Å²) < 4.78 is 0. The van der Waals surface area contributed by atoms with Crippen LogP contribution in [0.15, 0.2) is 0 Å². The molecule has 1 heterocycles. The van der Waals surface area contributed by atoms with E-state index in [1.54, 1.807) is 6.92 Å². The minimum atomic E-state index is -0.448. The number of hydrazine groups is 1. The summed E-state index contributed by atoms with van der Waals surface area (Å²) in [6.45, 7) is 8.16. The summed E-state index contributed by atoms with van der Waals surface area (Å²) in [5.41, 5.74) is 2.57. The number of nitrogen functional groups attached to an aromatic ring is 1. The van der Waals surface area contributed by atoms with E-state index in [1.807, 2.05) is 25.7 Å². The average Bonchev–Trinajstić information content (AvgIpc) is 2.38. The van der Waals surface area contributed by atoms with E-state index in [-0.39, 0.29) is 17.7 Å². The predicted molar refractivity (Wildman–Crippen MR) is 74.0 cm³/mol. The van der Waals surface area contributed by atoms with Crippen molar-refractivity contribution in [1.82, 2.24) is 9.97 Å².